The quantitative estimate of drug-likeness (QED) is 0.0871. The molecule has 2 amide bonds. The summed E-state index contributed by atoms with van der Waals surface area (Å²) in [7, 11) is 3.96. The van der Waals surface area contributed by atoms with Gasteiger partial charge in [-0.15, -0.1) is 12.4 Å². The Balaban J connectivity index is 0.000000225. The summed E-state index contributed by atoms with van der Waals surface area (Å²) < 4.78 is 24.8. The number of carbonyl (C=O) groups excluding carboxylic acids is 7. The highest BCUT2D eigenvalue weighted by molar-refractivity contribution is 5.97. The molecule has 4 aromatic carbocycles. The molecule has 3 N–H and O–H groups in total. The average Bonchev–Trinajstić information content (AvgIpc) is 4.12. The second kappa shape index (κ2) is 27.1. The Bertz CT molecular complexity index is 2220. The number of nitrogens with zero attached hydrogens (tertiary/aromatic N) is 2. The van der Waals surface area contributed by atoms with Crippen molar-refractivity contribution in [3.05, 3.63) is 144 Å². The molecule has 17 heteroatoms. The number of hydrogen-bond acceptors (Lipinski definition) is 14. The molecule has 3 aliphatic heterocycles. The third-order valence-electron chi connectivity index (χ3n) is 11.4. The Morgan fingerprint density at radius 2 is 0.940 bits per heavy atom. The summed E-state index contributed by atoms with van der Waals surface area (Å²) in [6.45, 7) is 1.56. The second-order valence-electron chi connectivity index (χ2n) is 16.1. The fourth-order valence-electron chi connectivity index (χ4n) is 7.96. The number of Topliss-reactive ketones (excluding diaryl/α,β-unsaturated/α-hetero) is 2. The Labute approximate surface area is 396 Å². The summed E-state index contributed by atoms with van der Waals surface area (Å²) in [5.41, 5.74) is 8.91. The molecule has 6 atom stereocenters. The lowest BCUT2D eigenvalue weighted by Gasteiger charge is -2.22. The fraction of sp³-hybridized carbons (Fsp3) is 0.380. The van der Waals surface area contributed by atoms with E-state index < -0.39 is 36.2 Å². The van der Waals surface area contributed by atoms with Crippen LogP contribution in [-0.2, 0) is 51.3 Å². The molecule has 3 saturated heterocycles. The number of nitrogens with one attached hydrogen (secondary N) is 1. The second-order valence-corrected chi connectivity index (χ2v) is 16.1. The molecule has 3 heterocycles. The molecule has 0 bridgehead atoms. The van der Waals surface area contributed by atoms with Gasteiger partial charge >= 0.3 is 30.1 Å². The number of halogens is 1. The van der Waals surface area contributed by atoms with Crippen LogP contribution < -0.4 is 11.1 Å². The van der Waals surface area contributed by atoms with E-state index in [1.54, 1.807) is 12.1 Å². The Kier molecular flexibility index (Phi) is 21.5. The zero-order chi connectivity index (χ0) is 47.4. The Hall–Kier alpha value is -6.62. The van der Waals surface area contributed by atoms with Crippen LogP contribution in [0.25, 0.3) is 0 Å². The highest BCUT2D eigenvalue weighted by Gasteiger charge is 2.42. The summed E-state index contributed by atoms with van der Waals surface area (Å²) in [5.74, 6) is -0.991. The summed E-state index contributed by atoms with van der Waals surface area (Å²) in [5, 5.41) is 3.09. The maximum atomic E-state index is 12.6. The van der Waals surface area contributed by atoms with Crippen molar-refractivity contribution in [2.75, 3.05) is 41.0 Å². The van der Waals surface area contributed by atoms with Crippen molar-refractivity contribution in [2.45, 2.75) is 69.5 Å². The van der Waals surface area contributed by atoms with E-state index in [1.807, 2.05) is 109 Å². The summed E-state index contributed by atoms with van der Waals surface area (Å²) >= 11 is 0. The molecule has 16 nitrogen and oxygen atoms in total. The third-order valence-corrected chi connectivity index (χ3v) is 11.4. The molecule has 0 aliphatic carbocycles. The number of hydrogen-bond donors (Lipinski definition) is 2. The zero-order valence-corrected chi connectivity index (χ0v) is 38.7. The summed E-state index contributed by atoms with van der Waals surface area (Å²) in [4.78, 5) is 86.9. The van der Waals surface area contributed by atoms with E-state index in [2.05, 4.69) is 14.8 Å². The normalized spacial score (nSPS) is 20.3. The maximum absolute atomic E-state index is 12.6. The first-order valence-corrected chi connectivity index (χ1v) is 21.7. The van der Waals surface area contributed by atoms with Crippen molar-refractivity contribution in [3.63, 3.8) is 0 Å². The minimum absolute atomic E-state index is 0. The van der Waals surface area contributed by atoms with Gasteiger partial charge in [0.1, 0.15) is 31.3 Å². The predicted molar refractivity (Wildman–Crippen MR) is 249 cm³/mol. The first-order chi connectivity index (χ1) is 31.9. The lowest BCUT2D eigenvalue weighted by molar-refractivity contribution is -0.146. The van der Waals surface area contributed by atoms with Crippen LogP contribution in [0, 0.1) is 11.8 Å². The standard InChI is InChI=1S/C22H23NO5.C14H18N2O4.C14H17NO3.ClH/c1-27-21(25)19-12-17(13-20(24)18-10-6-3-7-11-18)14-23(19)22(26)28-15-16-8-4-2-5-9-16;1-19-13(17)12-7-11(15)8-16(12)14(18)20-9-10-5-3-2-4-6-10;1-18-14(17)12-7-10(9-15-12)8-13(16)11-5-3-2-4-6-11;/h2-11,17,19H,12-15H2,1H3;2-6,11-12H,7-9,15H2,1H3;2-6,10,12,15H,7-9H2,1H3;1H/t17-,19-;11-,12+;10-,12-;/m010./s1. The van der Waals surface area contributed by atoms with Crippen molar-refractivity contribution < 1.29 is 57.2 Å². The predicted octanol–water partition coefficient (Wildman–Crippen LogP) is 6.19. The number of ether oxygens (including phenoxy) is 5. The van der Waals surface area contributed by atoms with Crippen LogP contribution in [0.4, 0.5) is 9.59 Å². The summed E-state index contributed by atoms with van der Waals surface area (Å²) in [6.07, 6.45) is 1.07. The van der Waals surface area contributed by atoms with Crippen LogP contribution in [0.2, 0.25) is 0 Å². The van der Waals surface area contributed by atoms with Gasteiger partial charge in [0.2, 0.25) is 0 Å². The van der Waals surface area contributed by atoms with Gasteiger partial charge in [-0.2, -0.15) is 0 Å². The van der Waals surface area contributed by atoms with Crippen LogP contribution in [0.3, 0.4) is 0 Å². The molecule has 0 unspecified atom stereocenters. The molecular weight excluding hydrogens is 884 g/mol. The third kappa shape index (κ3) is 16.0. The van der Waals surface area contributed by atoms with Gasteiger partial charge in [-0.25, -0.2) is 19.2 Å². The van der Waals surface area contributed by atoms with Crippen molar-refractivity contribution in [3.8, 4) is 0 Å². The smallest absolute Gasteiger partial charge is 0.410 e. The highest BCUT2D eigenvalue weighted by Crippen LogP contribution is 2.29. The maximum Gasteiger partial charge on any atom is 0.410 e. The van der Waals surface area contributed by atoms with E-state index in [0.29, 0.717) is 44.3 Å². The van der Waals surface area contributed by atoms with Crippen molar-refractivity contribution in [1.29, 1.82) is 0 Å². The Morgan fingerprint density at radius 1 is 0.537 bits per heavy atom. The summed E-state index contributed by atoms with van der Waals surface area (Å²) in [6, 6.07) is 35.0. The molecule has 0 saturated carbocycles. The molecule has 0 spiro atoms. The van der Waals surface area contributed by atoms with E-state index in [4.69, 9.17) is 19.9 Å². The largest absolute Gasteiger partial charge is 0.468 e. The SMILES string of the molecule is COC(=O)[C@@H]1C[C@@H](CC(=O)c2ccccc2)CN1.COC(=O)[C@@H]1C[C@@H](CC(=O)c2ccccc2)CN1C(=O)OCc1ccccc1.COC(=O)[C@@H]1C[C@@H](N)CN1C(=O)OCc1ccccc1.Cl. The van der Waals surface area contributed by atoms with Crippen LogP contribution in [0.1, 0.15) is 63.9 Å². The number of rotatable bonds is 13. The van der Waals surface area contributed by atoms with E-state index in [1.165, 1.54) is 31.1 Å². The topological polar surface area (TPSA) is 210 Å². The van der Waals surface area contributed by atoms with Crippen LogP contribution in [0.5, 0.6) is 0 Å². The minimum Gasteiger partial charge on any atom is -0.468 e. The van der Waals surface area contributed by atoms with Gasteiger partial charge in [0.25, 0.3) is 0 Å². The lowest BCUT2D eigenvalue weighted by Crippen LogP contribution is -2.41. The molecule has 7 rings (SSSR count). The number of ketones is 2. The molecule has 4 aromatic rings. The number of methoxy groups -OCH3 is 3. The van der Waals surface area contributed by atoms with Crippen molar-refractivity contribution in [1.82, 2.24) is 15.1 Å². The van der Waals surface area contributed by atoms with E-state index in [-0.39, 0.29) is 80.0 Å². The Morgan fingerprint density at radius 3 is 1.39 bits per heavy atom. The van der Waals surface area contributed by atoms with Crippen molar-refractivity contribution >= 4 is 54.1 Å². The highest BCUT2D eigenvalue weighted by atomic mass is 35.5. The van der Waals surface area contributed by atoms with Crippen LogP contribution in [0.15, 0.2) is 121 Å². The van der Waals surface area contributed by atoms with Crippen LogP contribution in [-0.4, -0.2) is 117 Å². The monoisotopic (exact) mass is 942 g/mol. The number of likely N-dealkylation sites (tertiary alicyclic amines) is 2. The number of amides is 2. The molecule has 358 valence electrons. The average molecular weight is 943 g/mol. The molecular formula is C50H59ClN4O12. The number of nitrogens with two attached hydrogens (primary N) is 1. The van der Waals surface area contributed by atoms with Gasteiger partial charge in [0.05, 0.1) is 21.3 Å². The van der Waals surface area contributed by atoms with Crippen molar-refractivity contribution in [2.24, 2.45) is 17.6 Å². The minimum atomic E-state index is -0.734. The van der Waals surface area contributed by atoms with Gasteiger partial charge in [0.15, 0.2) is 11.6 Å². The zero-order valence-electron chi connectivity index (χ0n) is 37.9. The van der Waals surface area contributed by atoms with E-state index in [9.17, 15) is 33.6 Å². The molecule has 3 fully saturated rings. The number of benzene rings is 4. The van der Waals surface area contributed by atoms with Gasteiger partial charge in [-0.3, -0.25) is 24.2 Å². The molecule has 67 heavy (non-hydrogen) atoms. The van der Waals surface area contributed by atoms with Crippen LogP contribution >= 0.6 is 12.4 Å². The van der Waals surface area contributed by atoms with E-state index >= 15 is 0 Å². The molecule has 0 aromatic heterocycles. The van der Waals surface area contributed by atoms with Gasteiger partial charge in [-0.1, -0.05) is 121 Å². The molecule has 3 aliphatic rings. The lowest BCUT2D eigenvalue weighted by atomic mass is 9.96. The van der Waals surface area contributed by atoms with Gasteiger partial charge in [-0.05, 0) is 48.8 Å². The van der Waals surface area contributed by atoms with E-state index in [0.717, 1.165) is 16.7 Å². The first-order valence-electron chi connectivity index (χ1n) is 21.7. The number of esters is 3. The fourth-order valence-corrected chi connectivity index (χ4v) is 7.96. The van der Waals surface area contributed by atoms with Gasteiger partial charge < -0.3 is 34.7 Å². The van der Waals surface area contributed by atoms with Gasteiger partial charge in [0, 0.05) is 43.1 Å². The first kappa shape index (κ1) is 53.0. The number of carbonyl (C=O) groups is 7. The molecule has 0 radical (unpaired) electrons.